The molecule has 0 atom stereocenters. The van der Waals surface area contributed by atoms with E-state index in [0.717, 1.165) is 22.2 Å². The Labute approximate surface area is 93.9 Å². The van der Waals surface area contributed by atoms with Crippen LogP contribution in [0.5, 0.6) is 0 Å². The molecule has 1 aromatic heterocycles. The summed E-state index contributed by atoms with van der Waals surface area (Å²) in [4.78, 5) is 11.5. The molecule has 0 fully saturated rings. The Morgan fingerprint density at radius 3 is 2.60 bits per heavy atom. The van der Waals surface area contributed by atoms with E-state index < -0.39 is 0 Å². The van der Waals surface area contributed by atoms with Crippen molar-refractivity contribution in [2.45, 2.75) is 6.92 Å². The molecule has 0 amide bonds. The molecule has 0 spiro atoms. The molecule has 0 aliphatic carbocycles. The lowest BCUT2D eigenvalue weighted by Gasteiger charge is -2.07. The number of benzene rings is 1. The van der Waals surface area contributed by atoms with Gasteiger partial charge in [0.05, 0.1) is 5.52 Å². The summed E-state index contributed by atoms with van der Waals surface area (Å²) in [5.74, 6) is 0. The predicted molar refractivity (Wildman–Crippen MR) is 65.6 cm³/mol. The van der Waals surface area contributed by atoms with E-state index in [1.165, 1.54) is 0 Å². The van der Waals surface area contributed by atoms with Gasteiger partial charge in [-0.1, -0.05) is 0 Å². The third-order valence-electron chi connectivity index (χ3n) is 2.48. The fourth-order valence-corrected chi connectivity index (χ4v) is 1.64. The van der Waals surface area contributed by atoms with Gasteiger partial charge in [0.1, 0.15) is 0 Å². The van der Waals surface area contributed by atoms with Crippen LogP contribution in [-0.2, 0) is 7.05 Å². The minimum Gasteiger partial charge on any atom is -0.399 e. The lowest BCUT2D eigenvalue weighted by atomic mass is 10.1. The van der Waals surface area contributed by atoms with Crippen molar-refractivity contribution in [1.82, 2.24) is 4.57 Å². The number of fused-ring (bicyclic) bond motifs is 1. The number of nitrogens with zero attached hydrogens (tertiary/aromatic N) is 1. The van der Waals surface area contributed by atoms with E-state index in [0.29, 0.717) is 0 Å². The van der Waals surface area contributed by atoms with Gasteiger partial charge in [-0.15, -0.1) is 12.4 Å². The predicted octanol–water partition coefficient (Wildman–Crippen LogP) is 1.85. The van der Waals surface area contributed by atoms with Crippen molar-refractivity contribution in [2.24, 2.45) is 7.05 Å². The van der Waals surface area contributed by atoms with E-state index in [-0.39, 0.29) is 18.0 Å². The molecule has 80 valence electrons. The summed E-state index contributed by atoms with van der Waals surface area (Å²) in [5.41, 5.74) is 8.32. The zero-order valence-electron chi connectivity index (χ0n) is 8.65. The molecule has 3 nitrogen and oxygen atoms in total. The topological polar surface area (TPSA) is 48.0 Å². The van der Waals surface area contributed by atoms with Crippen LogP contribution in [0.25, 0.3) is 10.9 Å². The number of pyridine rings is 1. The van der Waals surface area contributed by atoms with Crippen LogP contribution in [0.1, 0.15) is 5.56 Å². The van der Waals surface area contributed by atoms with Gasteiger partial charge in [0.25, 0.3) is 5.56 Å². The van der Waals surface area contributed by atoms with Crippen molar-refractivity contribution in [3.8, 4) is 0 Å². The van der Waals surface area contributed by atoms with E-state index >= 15 is 0 Å². The first-order valence-electron chi connectivity index (χ1n) is 4.45. The highest BCUT2D eigenvalue weighted by Gasteiger charge is 2.02. The Balaban J connectivity index is 0.00000112. The van der Waals surface area contributed by atoms with E-state index in [1.807, 2.05) is 19.1 Å². The second-order valence-electron chi connectivity index (χ2n) is 3.50. The summed E-state index contributed by atoms with van der Waals surface area (Å²) in [7, 11) is 1.76. The van der Waals surface area contributed by atoms with Crippen LogP contribution in [0.4, 0.5) is 5.69 Å². The van der Waals surface area contributed by atoms with Gasteiger partial charge in [-0.2, -0.15) is 0 Å². The molecule has 2 N–H and O–H groups in total. The molecule has 0 aliphatic heterocycles. The molecule has 0 radical (unpaired) electrons. The Kier molecular flexibility index (Phi) is 3.05. The van der Waals surface area contributed by atoms with E-state index in [4.69, 9.17) is 5.73 Å². The first kappa shape index (κ1) is 11.6. The largest absolute Gasteiger partial charge is 0.399 e. The van der Waals surface area contributed by atoms with Gasteiger partial charge < -0.3 is 10.3 Å². The molecule has 15 heavy (non-hydrogen) atoms. The zero-order valence-corrected chi connectivity index (χ0v) is 9.47. The number of aromatic nitrogens is 1. The minimum atomic E-state index is 0. The van der Waals surface area contributed by atoms with Crippen LogP contribution in [0, 0.1) is 6.92 Å². The van der Waals surface area contributed by atoms with Crippen molar-refractivity contribution in [3.05, 3.63) is 40.2 Å². The number of nitrogen functional groups attached to an aromatic ring is 1. The molecule has 0 aliphatic rings. The average molecular weight is 225 g/mol. The highest BCUT2D eigenvalue weighted by molar-refractivity contribution is 5.85. The number of halogens is 1. The number of hydrogen-bond donors (Lipinski definition) is 1. The lowest BCUT2D eigenvalue weighted by Crippen LogP contribution is -2.16. The molecule has 1 heterocycles. The van der Waals surface area contributed by atoms with Gasteiger partial charge in [-0.25, -0.2) is 0 Å². The molecule has 0 bridgehead atoms. The maximum atomic E-state index is 11.5. The van der Waals surface area contributed by atoms with Crippen molar-refractivity contribution >= 4 is 29.0 Å². The van der Waals surface area contributed by atoms with Crippen molar-refractivity contribution in [2.75, 3.05) is 5.73 Å². The first-order valence-corrected chi connectivity index (χ1v) is 4.45. The molecule has 0 unspecified atom stereocenters. The Hall–Kier alpha value is -1.48. The summed E-state index contributed by atoms with van der Waals surface area (Å²) >= 11 is 0. The van der Waals surface area contributed by atoms with Gasteiger partial charge in [-0.05, 0) is 30.7 Å². The number of rotatable bonds is 0. The third kappa shape index (κ3) is 1.83. The second kappa shape index (κ2) is 3.95. The van der Waals surface area contributed by atoms with Crippen LogP contribution < -0.4 is 11.3 Å². The zero-order chi connectivity index (χ0) is 10.3. The molecule has 0 saturated heterocycles. The van der Waals surface area contributed by atoms with E-state index in [9.17, 15) is 4.79 Å². The van der Waals surface area contributed by atoms with Crippen LogP contribution in [0.15, 0.2) is 29.1 Å². The monoisotopic (exact) mass is 224 g/mol. The molecule has 0 saturated carbocycles. The third-order valence-corrected chi connectivity index (χ3v) is 2.48. The number of nitrogens with two attached hydrogens (primary N) is 1. The fraction of sp³-hybridized carbons (Fsp3) is 0.182. The number of hydrogen-bond acceptors (Lipinski definition) is 2. The van der Waals surface area contributed by atoms with Crippen LogP contribution >= 0.6 is 12.4 Å². The quantitative estimate of drug-likeness (QED) is 0.695. The molecule has 4 heteroatoms. The van der Waals surface area contributed by atoms with Gasteiger partial charge in [0, 0.05) is 24.2 Å². The summed E-state index contributed by atoms with van der Waals surface area (Å²) < 4.78 is 1.63. The van der Waals surface area contributed by atoms with Crippen molar-refractivity contribution in [3.63, 3.8) is 0 Å². The first-order chi connectivity index (χ1) is 6.59. The minimum absolute atomic E-state index is 0. The van der Waals surface area contributed by atoms with Gasteiger partial charge >= 0.3 is 0 Å². The van der Waals surface area contributed by atoms with Crippen LogP contribution in [0.3, 0.4) is 0 Å². The van der Waals surface area contributed by atoms with Gasteiger partial charge in [0.2, 0.25) is 0 Å². The Morgan fingerprint density at radius 2 is 1.93 bits per heavy atom. The van der Waals surface area contributed by atoms with Crippen LogP contribution in [-0.4, -0.2) is 4.57 Å². The molecule has 1 aromatic carbocycles. The fourth-order valence-electron chi connectivity index (χ4n) is 1.64. The molecule has 2 rings (SSSR count). The standard InChI is InChI=1S/C11H12N2O.ClH/c1-7-5-11(14)13(2)10-4-3-8(12)6-9(7)10;/h3-6H,12H2,1-2H3;1H. The summed E-state index contributed by atoms with van der Waals surface area (Å²) in [5, 5.41) is 1.03. The molecular formula is C11H13ClN2O. The van der Waals surface area contributed by atoms with Gasteiger partial charge in [-0.3, -0.25) is 4.79 Å². The number of anilines is 1. The summed E-state index contributed by atoms with van der Waals surface area (Å²) in [6, 6.07) is 7.20. The maximum Gasteiger partial charge on any atom is 0.251 e. The van der Waals surface area contributed by atoms with Gasteiger partial charge in [0.15, 0.2) is 0 Å². The van der Waals surface area contributed by atoms with Crippen molar-refractivity contribution < 1.29 is 0 Å². The second-order valence-corrected chi connectivity index (χ2v) is 3.50. The number of aryl methyl sites for hydroxylation is 2. The molecular weight excluding hydrogens is 212 g/mol. The lowest BCUT2D eigenvalue weighted by molar-refractivity contribution is 0.903. The SMILES string of the molecule is Cc1cc(=O)n(C)c2ccc(N)cc12.Cl. The highest BCUT2D eigenvalue weighted by Crippen LogP contribution is 2.18. The maximum absolute atomic E-state index is 11.5. The van der Waals surface area contributed by atoms with Crippen LogP contribution in [0.2, 0.25) is 0 Å². The summed E-state index contributed by atoms with van der Waals surface area (Å²) in [6.07, 6.45) is 0. The Bertz CT molecular complexity index is 560. The average Bonchev–Trinajstić information content (AvgIpc) is 2.14. The van der Waals surface area contributed by atoms with E-state index in [1.54, 1.807) is 23.7 Å². The Morgan fingerprint density at radius 1 is 1.27 bits per heavy atom. The van der Waals surface area contributed by atoms with E-state index in [2.05, 4.69) is 0 Å². The molecule has 2 aromatic rings. The highest BCUT2D eigenvalue weighted by atomic mass is 35.5. The summed E-state index contributed by atoms with van der Waals surface area (Å²) in [6.45, 7) is 1.92. The smallest absolute Gasteiger partial charge is 0.251 e. The normalized spacial score (nSPS) is 10.0. The van der Waals surface area contributed by atoms with Crippen molar-refractivity contribution in [1.29, 1.82) is 0 Å².